The average Bonchev–Trinajstić information content (AvgIpc) is 2.34. The Bertz CT molecular complexity index is 276. The molecule has 0 aromatic carbocycles. The van der Waals surface area contributed by atoms with Gasteiger partial charge in [0, 0.05) is 4.88 Å². The molecule has 1 nitrogen and oxygen atoms in total. The first-order valence-electron chi connectivity index (χ1n) is 3.84. The maximum atomic E-state index is 3.07. The normalized spacial score (nSPS) is 11.2. The molecule has 0 saturated carbocycles. The van der Waals surface area contributed by atoms with Crippen molar-refractivity contribution < 1.29 is 0 Å². The maximum Gasteiger partial charge on any atom is 0.0760 e. The van der Waals surface area contributed by atoms with Gasteiger partial charge in [0.1, 0.15) is 0 Å². The van der Waals surface area contributed by atoms with Gasteiger partial charge in [0.05, 0.1) is 4.21 Å². The quantitative estimate of drug-likeness (QED) is 0.750. The van der Waals surface area contributed by atoms with Crippen LogP contribution in [0.2, 0.25) is 0 Å². The van der Waals surface area contributed by atoms with Crippen molar-refractivity contribution in [2.45, 2.75) is 18.1 Å². The van der Waals surface area contributed by atoms with Crippen molar-refractivity contribution in [3.05, 3.63) is 22.6 Å². The number of thiophene rings is 1. The lowest BCUT2D eigenvalue weighted by molar-refractivity contribution is 1.29. The zero-order chi connectivity index (χ0) is 8.97. The first-order chi connectivity index (χ1) is 5.77. The summed E-state index contributed by atoms with van der Waals surface area (Å²) in [5.74, 6) is 0. The van der Waals surface area contributed by atoms with Crippen molar-refractivity contribution in [2.24, 2.45) is 0 Å². The molecule has 0 fully saturated rings. The second-order valence-electron chi connectivity index (χ2n) is 2.42. The van der Waals surface area contributed by atoms with Gasteiger partial charge < -0.3 is 0 Å². The highest BCUT2D eigenvalue weighted by molar-refractivity contribution is 7.99. The zero-order valence-corrected chi connectivity index (χ0v) is 9.18. The minimum atomic E-state index is 1.32. The molecule has 0 atom stereocenters. The van der Waals surface area contributed by atoms with E-state index in [0.717, 1.165) is 0 Å². The molecule has 0 aliphatic heterocycles. The second-order valence-corrected chi connectivity index (χ2v) is 4.81. The van der Waals surface area contributed by atoms with Gasteiger partial charge in [0.2, 0.25) is 0 Å². The Kier molecular flexibility index (Phi) is 3.85. The van der Waals surface area contributed by atoms with E-state index < -0.39 is 0 Å². The van der Waals surface area contributed by atoms with Crippen LogP contribution in [0.3, 0.4) is 0 Å². The van der Waals surface area contributed by atoms with E-state index in [2.05, 4.69) is 29.9 Å². The molecule has 3 heteroatoms. The number of allylic oxidation sites excluding steroid dienone is 1. The summed E-state index contributed by atoms with van der Waals surface area (Å²) >= 11 is 3.49. The van der Waals surface area contributed by atoms with E-state index in [0.29, 0.717) is 0 Å². The monoisotopic (exact) mass is 199 g/mol. The van der Waals surface area contributed by atoms with Gasteiger partial charge in [-0.3, -0.25) is 4.72 Å². The van der Waals surface area contributed by atoms with Gasteiger partial charge in [-0.2, -0.15) is 0 Å². The van der Waals surface area contributed by atoms with Crippen LogP contribution in [0.5, 0.6) is 0 Å². The molecule has 0 aliphatic rings. The molecule has 1 aromatic heterocycles. The van der Waals surface area contributed by atoms with Gasteiger partial charge in [0.25, 0.3) is 0 Å². The average molecular weight is 199 g/mol. The van der Waals surface area contributed by atoms with Crippen molar-refractivity contribution in [2.75, 3.05) is 7.05 Å². The number of rotatable bonds is 3. The van der Waals surface area contributed by atoms with Crippen molar-refractivity contribution in [3.63, 3.8) is 0 Å². The van der Waals surface area contributed by atoms with Crippen LogP contribution in [-0.2, 0) is 0 Å². The molecule has 0 spiro atoms. The third-order valence-corrected chi connectivity index (χ3v) is 3.47. The van der Waals surface area contributed by atoms with E-state index in [1.807, 2.05) is 25.3 Å². The fraction of sp³-hybridized carbons (Fsp3) is 0.333. The van der Waals surface area contributed by atoms with Gasteiger partial charge in [-0.15, -0.1) is 11.3 Å². The van der Waals surface area contributed by atoms with Gasteiger partial charge in [-0.05, 0) is 50.5 Å². The summed E-state index contributed by atoms with van der Waals surface area (Å²) in [6, 6.07) is 2.21. The summed E-state index contributed by atoms with van der Waals surface area (Å²) in [5.41, 5.74) is 1.36. The number of hydrogen-bond acceptors (Lipinski definition) is 3. The van der Waals surface area contributed by atoms with E-state index in [1.54, 1.807) is 11.9 Å². The van der Waals surface area contributed by atoms with Crippen molar-refractivity contribution in [1.29, 1.82) is 0 Å². The Morgan fingerprint density at radius 1 is 1.58 bits per heavy atom. The van der Waals surface area contributed by atoms with E-state index in [-0.39, 0.29) is 0 Å². The number of aryl methyl sites for hydroxylation is 1. The molecule has 0 unspecified atom stereocenters. The Hall–Kier alpha value is -0.250. The Morgan fingerprint density at radius 2 is 2.33 bits per heavy atom. The highest BCUT2D eigenvalue weighted by Crippen LogP contribution is 2.29. The van der Waals surface area contributed by atoms with E-state index in [4.69, 9.17) is 0 Å². The predicted molar refractivity (Wildman–Crippen MR) is 58.7 cm³/mol. The Balaban J connectivity index is 2.84. The molecule has 0 radical (unpaired) electrons. The maximum absolute atomic E-state index is 3.07. The standard InChI is InChI=1S/C9H13NS2/c1-4-5-8-7(2)6-9(11-8)12-10-3/h4-6,10H,1-3H3/b5-4-. The molecule has 0 aliphatic carbocycles. The Labute approximate surface area is 82.0 Å². The molecule has 0 amide bonds. The molecule has 1 rings (SSSR count). The summed E-state index contributed by atoms with van der Waals surface area (Å²) in [5, 5.41) is 0. The van der Waals surface area contributed by atoms with Gasteiger partial charge >= 0.3 is 0 Å². The minimum Gasteiger partial charge on any atom is -0.262 e. The Morgan fingerprint density at radius 3 is 2.92 bits per heavy atom. The predicted octanol–water partition coefficient (Wildman–Crippen LogP) is 3.32. The fourth-order valence-electron chi connectivity index (χ4n) is 0.934. The molecule has 0 saturated heterocycles. The first kappa shape index (κ1) is 9.84. The topological polar surface area (TPSA) is 12.0 Å². The number of hydrogen-bond donors (Lipinski definition) is 1. The minimum absolute atomic E-state index is 1.32. The summed E-state index contributed by atoms with van der Waals surface area (Å²) < 4.78 is 4.39. The second kappa shape index (κ2) is 4.70. The molecule has 66 valence electrons. The van der Waals surface area contributed by atoms with Gasteiger partial charge in [0.15, 0.2) is 0 Å². The van der Waals surface area contributed by atoms with Crippen LogP contribution >= 0.6 is 23.3 Å². The highest BCUT2D eigenvalue weighted by atomic mass is 32.2. The van der Waals surface area contributed by atoms with E-state index in [9.17, 15) is 0 Å². The van der Waals surface area contributed by atoms with Crippen molar-refractivity contribution in [1.82, 2.24) is 4.72 Å². The van der Waals surface area contributed by atoms with Crippen molar-refractivity contribution in [3.8, 4) is 0 Å². The summed E-state index contributed by atoms with van der Waals surface area (Å²) in [6.45, 7) is 4.19. The largest absolute Gasteiger partial charge is 0.262 e. The first-order valence-corrected chi connectivity index (χ1v) is 5.48. The van der Waals surface area contributed by atoms with E-state index >= 15 is 0 Å². The molecular weight excluding hydrogens is 186 g/mol. The molecular formula is C9H13NS2. The lowest BCUT2D eigenvalue weighted by Gasteiger charge is -1.89. The lowest BCUT2D eigenvalue weighted by Crippen LogP contribution is -1.87. The van der Waals surface area contributed by atoms with Crippen LogP contribution in [-0.4, -0.2) is 7.05 Å². The zero-order valence-electron chi connectivity index (χ0n) is 7.55. The van der Waals surface area contributed by atoms with Crippen LogP contribution in [0.25, 0.3) is 6.08 Å². The number of nitrogens with one attached hydrogen (secondary N) is 1. The fourth-order valence-corrected chi connectivity index (χ4v) is 2.93. The molecule has 1 heterocycles. The van der Waals surface area contributed by atoms with Crippen LogP contribution in [0.1, 0.15) is 17.4 Å². The van der Waals surface area contributed by atoms with Gasteiger partial charge in [-0.25, -0.2) is 0 Å². The van der Waals surface area contributed by atoms with Crippen LogP contribution < -0.4 is 4.72 Å². The van der Waals surface area contributed by atoms with Crippen LogP contribution in [0.4, 0.5) is 0 Å². The lowest BCUT2D eigenvalue weighted by atomic mass is 10.3. The summed E-state index contributed by atoms with van der Waals surface area (Å²) in [4.78, 5) is 1.36. The molecule has 0 bridgehead atoms. The molecule has 1 aromatic rings. The SMILES string of the molecule is C/C=C\c1sc(SNC)cc1C. The van der Waals surface area contributed by atoms with Gasteiger partial charge in [-0.1, -0.05) is 6.08 Å². The smallest absolute Gasteiger partial charge is 0.0760 e. The molecule has 1 N–H and O–H groups in total. The van der Waals surface area contributed by atoms with Crippen LogP contribution in [0, 0.1) is 6.92 Å². The van der Waals surface area contributed by atoms with Crippen molar-refractivity contribution >= 4 is 29.4 Å². The summed E-state index contributed by atoms with van der Waals surface area (Å²) in [7, 11) is 1.94. The molecule has 12 heavy (non-hydrogen) atoms. The van der Waals surface area contributed by atoms with Crippen LogP contribution in [0.15, 0.2) is 16.4 Å². The van der Waals surface area contributed by atoms with E-state index in [1.165, 1.54) is 14.6 Å². The highest BCUT2D eigenvalue weighted by Gasteiger charge is 2.01. The third kappa shape index (κ3) is 2.37. The third-order valence-electron chi connectivity index (χ3n) is 1.45. The summed E-state index contributed by atoms with van der Waals surface area (Å²) in [6.07, 6.45) is 4.23.